The van der Waals surface area contributed by atoms with E-state index in [0.29, 0.717) is 5.92 Å². The zero-order chi connectivity index (χ0) is 11.1. The molecule has 1 rings (SSSR count). The molecule has 0 N–H and O–H groups in total. The highest BCUT2D eigenvalue weighted by atomic mass is 14.1. The molecular weight excluding hydrogens is 180 g/mol. The van der Waals surface area contributed by atoms with Crippen molar-refractivity contribution in [1.82, 2.24) is 0 Å². The van der Waals surface area contributed by atoms with Crippen LogP contribution in [-0.2, 0) is 0 Å². The van der Waals surface area contributed by atoms with E-state index in [-0.39, 0.29) is 0 Å². The van der Waals surface area contributed by atoms with Crippen molar-refractivity contribution < 1.29 is 0 Å². The highest BCUT2D eigenvalue weighted by Gasteiger charge is 2.07. The average Bonchev–Trinajstić information content (AvgIpc) is 2.27. The fraction of sp³-hybridized carbons (Fsp3) is 0.600. The summed E-state index contributed by atoms with van der Waals surface area (Å²) in [4.78, 5) is 0. The van der Waals surface area contributed by atoms with E-state index in [2.05, 4.69) is 38.7 Å². The van der Waals surface area contributed by atoms with Gasteiger partial charge in [0.15, 0.2) is 0 Å². The molecule has 0 aromatic heterocycles. The van der Waals surface area contributed by atoms with E-state index in [1.165, 1.54) is 49.7 Å². The van der Waals surface area contributed by atoms with Gasteiger partial charge in [-0.1, -0.05) is 56.2 Å². The van der Waals surface area contributed by atoms with Crippen LogP contribution >= 0.6 is 0 Å². The molecule has 0 heterocycles. The van der Waals surface area contributed by atoms with E-state index in [4.69, 9.17) is 0 Å². The van der Waals surface area contributed by atoms with Crippen LogP contribution in [0.4, 0.5) is 0 Å². The van der Waals surface area contributed by atoms with Crippen molar-refractivity contribution >= 4 is 0 Å². The van der Waals surface area contributed by atoms with Gasteiger partial charge >= 0.3 is 0 Å². The maximum absolute atomic E-state index is 4.17. The zero-order valence-corrected chi connectivity index (χ0v) is 10.3. The van der Waals surface area contributed by atoms with Crippen LogP contribution in [0.1, 0.15) is 52.4 Å². The molecule has 0 aliphatic heterocycles. The Hall–Kier alpha value is -0.780. The fourth-order valence-corrected chi connectivity index (χ4v) is 2.01. The Kier molecular flexibility index (Phi) is 5.45. The molecule has 0 heteroatoms. The molecule has 1 aliphatic rings. The van der Waals surface area contributed by atoms with Crippen LogP contribution in [0.3, 0.4) is 0 Å². The van der Waals surface area contributed by atoms with Gasteiger partial charge in [0.2, 0.25) is 0 Å². The topological polar surface area (TPSA) is 0 Å². The van der Waals surface area contributed by atoms with Gasteiger partial charge in [-0.3, -0.25) is 0 Å². The number of allylic oxidation sites excluding steroid dienone is 5. The first-order valence-corrected chi connectivity index (χ1v) is 6.27. The Bertz CT molecular complexity index is 255. The molecule has 1 aliphatic carbocycles. The summed E-state index contributed by atoms with van der Waals surface area (Å²) in [5, 5.41) is 0. The predicted octanol–water partition coefficient (Wildman–Crippen LogP) is 5.04. The highest BCUT2D eigenvalue weighted by molar-refractivity contribution is 5.22. The number of hydrogen-bond acceptors (Lipinski definition) is 0. The van der Waals surface area contributed by atoms with Crippen LogP contribution in [0.25, 0.3) is 0 Å². The highest BCUT2D eigenvalue weighted by Crippen LogP contribution is 2.23. The van der Waals surface area contributed by atoms with Gasteiger partial charge in [0.05, 0.1) is 0 Å². The van der Waals surface area contributed by atoms with Gasteiger partial charge in [-0.25, -0.2) is 0 Å². The molecule has 0 radical (unpaired) electrons. The van der Waals surface area contributed by atoms with Gasteiger partial charge in [0.25, 0.3) is 0 Å². The molecule has 0 bridgehead atoms. The lowest BCUT2D eigenvalue weighted by molar-refractivity contribution is 0.587. The minimum absolute atomic E-state index is 0.682. The summed E-state index contributed by atoms with van der Waals surface area (Å²) < 4.78 is 0. The lowest BCUT2D eigenvalue weighted by Crippen LogP contribution is -1.99. The Balaban J connectivity index is 2.27. The molecule has 1 unspecified atom stereocenters. The lowest BCUT2D eigenvalue weighted by Gasteiger charge is -2.15. The van der Waals surface area contributed by atoms with Crippen molar-refractivity contribution in [2.75, 3.05) is 0 Å². The summed E-state index contributed by atoms with van der Waals surface area (Å²) in [5.41, 5.74) is 2.95. The second kappa shape index (κ2) is 6.66. The third-order valence-electron chi connectivity index (χ3n) is 3.21. The Labute approximate surface area is 94.8 Å². The van der Waals surface area contributed by atoms with Crippen molar-refractivity contribution in [3.63, 3.8) is 0 Å². The molecule has 0 saturated heterocycles. The van der Waals surface area contributed by atoms with Crippen molar-refractivity contribution in [3.8, 4) is 0 Å². The molecule has 15 heavy (non-hydrogen) atoms. The zero-order valence-electron chi connectivity index (χ0n) is 10.3. The van der Waals surface area contributed by atoms with Crippen LogP contribution in [-0.4, -0.2) is 0 Å². The predicted molar refractivity (Wildman–Crippen MR) is 68.9 cm³/mol. The fourth-order valence-electron chi connectivity index (χ4n) is 2.01. The molecule has 0 nitrogen and oxygen atoms in total. The summed E-state index contributed by atoms with van der Waals surface area (Å²) in [6.45, 7) is 8.71. The average molecular weight is 204 g/mol. The Morgan fingerprint density at radius 2 is 2.27 bits per heavy atom. The van der Waals surface area contributed by atoms with Gasteiger partial charge in [-0.05, 0) is 38.0 Å². The van der Waals surface area contributed by atoms with E-state index in [9.17, 15) is 0 Å². The number of rotatable bonds is 6. The van der Waals surface area contributed by atoms with Crippen LogP contribution in [0.15, 0.2) is 36.0 Å². The third kappa shape index (κ3) is 4.51. The van der Waals surface area contributed by atoms with E-state index in [1.807, 2.05) is 0 Å². The SMILES string of the molecule is C=C(CCC)C(C)CCC1=CCCC=C1. The van der Waals surface area contributed by atoms with E-state index in [0.717, 1.165) is 0 Å². The lowest BCUT2D eigenvalue weighted by atomic mass is 9.91. The van der Waals surface area contributed by atoms with E-state index >= 15 is 0 Å². The minimum Gasteiger partial charge on any atom is -0.0996 e. The summed E-state index contributed by atoms with van der Waals surface area (Å²) in [6, 6.07) is 0. The van der Waals surface area contributed by atoms with Crippen molar-refractivity contribution in [3.05, 3.63) is 36.0 Å². The quantitative estimate of drug-likeness (QED) is 0.532. The van der Waals surface area contributed by atoms with Gasteiger partial charge in [0, 0.05) is 0 Å². The van der Waals surface area contributed by atoms with Crippen LogP contribution < -0.4 is 0 Å². The van der Waals surface area contributed by atoms with Crippen molar-refractivity contribution in [1.29, 1.82) is 0 Å². The first-order valence-electron chi connectivity index (χ1n) is 6.27. The normalized spacial score (nSPS) is 17.3. The summed E-state index contributed by atoms with van der Waals surface area (Å²) in [5.74, 6) is 0.682. The molecule has 1 atom stereocenters. The maximum Gasteiger partial charge on any atom is -0.0231 e. The van der Waals surface area contributed by atoms with E-state index < -0.39 is 0 Å². The minimum atomic E-state index is 0.682. The molecule has 0 amide bonds. The first kappa shape index (κ1) is 12.3. The largest absolute Gasteiger partial charge is 0.0996 e. The Morgan fingerprint density at radius 1 is 1.47 bits per heavy atom. The van der Waals surface area contributed by atoms with Crippen LogP contribution in [0.2, 0.25) is 0 Å². The first-order chi connectivity index (χ1) is 7.24. The maximum atomic E-state index is 4.17. The second-order valence-electron chi connectivity index (χ2n) is 4.61. The summed E-state index contributed by atoms with van der Waals surface area (Å²) >= 11 is 0. The smallest absolute Gasteiger partial charge is 0.0231 e. The molecule has 84 valence electrons. The molecule has 0 aromatic carbocycles. The molecule has 0 spiro atoms. The summed E-state index contributed by atoms with van der Waals surface area (Å²) in [6.07, 6.45) is 14.3. The van der Waals surface area contributed by atoms with Crippen molar-refractivity contribution in [2.45, 2.75) is 52.4 Å². The Morgan fingerprint density at radius 3 is 2.87 bits per heavy atom. The molecule has 0 saturated carbocycles. The molecule has 0 fully saturated rings. The van der Waals surface area contributed by atoms with Crippen LogP contribution in [0, 0.1) is 5.92 Å². The second-order valence-corrected chi connectivity index (χ2v) is 4.61. The monoisotopic (exact) mass is 204 g/mol. The molecular formula is C15H24. The standard InChI is InChI=1S/C15H24/c1-4-8-13(2)14(3)11-12-15-9-6-5-7-10-15/h6,9-10,14H,2,4-5,7-8,11-12H2,1,3H3. The van der Waals surface area contributed by atoms with Gasteiger partial charge in [-0.2, -0.15) is 0 Å². The van der Waals surface area contributed by atoms with Crippen molar-refractivity contribution in [2.24, 2.45) is 5.92 Å². The van der Waals surface area contributed by atoms with Gasteiger partial charge < -0.3 is 0 Å². The third-order valence-corrected chi connectivity index (χ3v) is 3.21. The summed E-state index contributed by atoms with van der Waals surface area (Å²) in [7, 11) is 0. The van der Waals surface area contributed by atoms with Gasteiger partial charge in [-0.15, -0.1) is 0 Å². The van der Waals surface area contributed by atoms with E-state index in [1.54, 1.807) is 0 Å². The number of hydrogen-bond donors (Lipinski definition) is 0. The van der Waals surface area contributed by atoms with Crippen LogP contribution in [0.5, 0.6) is 0 Å². The molecule has 0 aromatic rings. The van der Waals surface area contributed by atoms with Gasteiger partial charge in [0.1, 0.15) is 0 Å².